The van der Waals surface area contributed by atoms with Crippen LogP contribution in [0.3, 0.4) is 0 Å². The first-order valence-electron chi connectivity index (χ1n) is 7.74. The molecule has 0 aromatic heterocycles. The van der Waals surface area contributed by atoms with Gasteiger partial charge >= 0.3 is 0 Å². The van der Waals surface area contributed by atoms with Gasteiger partial charge in [-0.3, -0.25) is 0 Å². The average molecular weight is 294 g/mol. The van der Waals surface area contributed by atoms with Crippen molar-refractivity contribution in [3.63, 3.8) is 0 Å². The second-order valence-corrected chi connectivity index (χ2v) is 6.22. The Hall–Kier alpha value is -0.970. The summed E-state index contributed by atoms with van der Waals surface area (Å²) in [6, 6.07) is 5.37. The number of benzene rings is 1. The lowest BCUT2D eigenvalue weighted by atomic mass is 9.96. The van der Waals surface area contributed by atoms with Gasteiger partial charge in [0.05, 0.1) is 25.9 Å². The van der Waals surface area contributed by atoms with Crippen LogP contribution in [0.5, 0.6) is 0 Å². The van der Waals surface area contributed by atoms with Crippen molar-refractivity contribution in [2.75, 3.05) is 19.8 Å². The molecule has 21 heavy (non-hydrogen) atoms. The highest BCUT2D eigenvalue weighted by atomic mass is 19.1. The largest absolute Gasteiger partial charge is 0.378 e. The Labute approximate surface area is 125 Å². The zero-order valence-corrected chi connectivity index (χ0v) is 12.7. The summed E-state index contributed by atoms with van der Waals surface area (Å²) in [5, 5.41) is 0. The van der Waals surface area contributed by atoms with Crippen LogP contribution in [0.2, 0.25) is 0 Å². The molecule has 2 heterocycles. The molecular weight excluding hydrogens is 271 g/mol. The standard InChI is InChI=1S/C17H23FO3/c1-11-3-5-13(7-16(11)18)15-9-20-17(21-10-15)14-6-4-12(2)19-8-14/h3,5,7,12,14-15,17H,4,6,8-10H2,1-2H3. The Morgan fingerprint density at radius 3 is 2.43 bits per heavy atom. The molecule has 2 atom stereocenters. The molecule has 2 fully saturated rings. The predicted molar refractivity (Wildman–Crippen MR) is 77.7 cm³/mol. The molecule has 0 aliphatic carbocycles. The highest BCUT2D eigenvalue weighted by Gasteiger charge is 2.32. The molecule has 0 spiro atoms. The molecule has 1 aromatic rings. The minimum atomic E-state index is -0.177. The fraction of sp³-hybridized carbons (Fsp3) is 0.647. The number of hydrogen-bond donors (Lipinski definition) is 0. The van der Waals surface area contributed by atoms with Gasteiger partial charge in [0.2, 0.25) is 0 Å². The molecule has 0 saturated carbocycles. The summed E-state index contributed by atoms with van der Waals surface area (Å²) >= 11 is 0. The highest BCUT2D eigenvalue weighted by Crippen LogP contribution is 2.30. The van der Waals surface area contributed by atoms with E-state index < -0.39 is 0 Å². The topological polar surface area (TPSA) is 27.7 Å². The lowest BCUT2D eigenvalue weighted by Crippen LogP contribution is -2.40. The van der Waals surface area contributed by atoms with E-state index in [1.165, 1.54) is 0 Å². The van der Waals surface area contributed by atoms with Gasteiger partial charge in [-0.25, -0.2) is 4.39 Å². The van der Waals surface area contributed by atoms with Gasteiger partial charge in [-0.15, -0.1) is 0 Å². The molecule has 2 unspecified atom stereocenters. The van der Waals surface area contributed by atoms with Crippen LogP contribution < -0.4 is 0 Å². The van der Waals surface area contributed by atoms with Crippen molar-refractivity contribution in [3.8, 4) is 0 Å². The minimum absolute atomic E-state index is 0.111. The first-order valence-corrected chi connectivity index (χ1v) is 7.74. The fourth-order valence-corrected chi connectivity index (χ4v) is 2.96. The summed E-state index contributed by atoms with van der Waals surface area (Å²) in [4.78, 5) is 0. The van der Waals surface area contributed by atoms with Crippen LogP contribution in [0, 0.1) is 18.7 Å². The molecule has 4 heteroatoms. The van der Waals surface area contributed by atoms with E-state index in [-0.39, 0.29) is 18.0 Å². The van der Waals surface area contributed by atoms with Crippen molar-refractivity contribution in [2.45, 2.75) is 45.0 Å². The van der Waals surface area contributed by atoms with E-state index in [0.717, 1.165) is 18.4 Å². The summed E-state index contributed by atoms with van der Waals surface area (Å²) in [6.07, 6.45) is 2.30. The van der Waals surface area contributed by atoms with E-state index in [1.54, 1.807) is 13.0 Å². The first kappa shape index (κ1) is 14.9. The summed E-state index contributed by atoms with van der Waals surface area (Å²) in [5.41, 5.74) is 1.62. The van der Waals surface area contributed by atoms with Gasteiger partial charge in [0.15, 0.2) is 6.29 Å². The minimum Gasteiger partial charge on any atom is -0.378 e. The van der Waals surface area contributed by atoms with Crippen molar-refractivity contribution in [2.24, 2.45) is 5.92 Å². The van der Waals surface area contributed by atoms with Gasteiger partial charge < -0.3 is 14.2 Å². The van der Waals surface area contributed by atoms with Crippen molar-refractivity contribution in [1.29, 1.82) is 0 Å². The van der Waals surface area contributed by atoms with Gasteiger partial charge in [0.1, 0.15) is 5.82 Å². The number of aryl methyl sites for hydroxylation is 1. The molecule has 3 rings (SSSR count). The van der Waals surface area contributed by atoms with Crippen LogP contribution >= 0.6 is 0 Å². The van der Waals surface area contributed by atoms with Crippen molar-refractivity contribution >= 4 is 0 Å². The first-order chi connectivity index (χ1) is 10.1. The van der Waals surface area contributed by atoms with Crippen molar-refractivity contribution in [1.82, 2.24) is 0 Å². The second-order valence-electron chi connectivity index (χ2n) is 6.22. The Morgan fingerprint density at radius 2 is 1.81 bits per heavy atom. The summed E-state index contributed by atoms with van der Waals surface area (Å²) in [6.45, 7) is 5.74. The predicted octanol–water partition coefficient (Wildman–Crippen LogP) is 3.41. The lowest BCUT2D eigenvalue weighted by Gasteiger charge is -2.37. The molecular formula is C17H23FO3. The van der Waals surface area contributed by atoms with Crippen LogP contribution in [-0.2, 0) is 14.2 Å². The van der Waals surface area contributed by atoms with Gasteiger partial charge in [0, 0.05) is 11.8 Å². The maximum atomic E-state index is 13.6. The van der Waals surface area contributed by atoms with Crippen LogP contribution in [-0.4, -0.2) is 32.2 Å². The van der Waals surface area contributed by atoms with Crippen molar-refractivity contribution < 1.29 is 18.6 Å². The zero-order chi connectivity index (χ0) is 14.8. The molecule has 0 N–H and O–H groups in total. The number of hydrogen-bond acceptors (Lipinski definition) is 3. The van der Waals surface area contributed by atoms with E-state index in [2.05, 4.69) is 6.92 Å². The Kier molecular flexibility index (Phi) is 4.57. The Morgan fingerprint density at radius 1 is 1.05 bits per heavy atom. The highest BCUT2D eigenvalue weighted by molar-refractivity contribution is 5.26. The molecule has 3 nitrogen and oxygen atoms in total. The second kappa shape index (κ2) is 6.42. The maximum Gasteiger partial charge on any atom is 0.162 e. The molecule has 0 radical (unpaired) electrons. The molecule has 0 amide bonds. The Balaban J connectivity index is 1.56. The quantitative estimate of drug-likeness (QED) is 0.836. The SMILES string of the molecule is Cc1ccc(C2COC(C3CCC(C)OC3)OC2)cc1F. The summed E-state index contributed by atoms with van der Waals surface area (Å²) in [7, 11) is 0. The summed E-state index contributed by atoms with van der Waals surface area (Å²) in [5.74, 6) is 0.265. The smallest absolute Gasteiger partial charge is 0.162 e. The molecule has 2 aliphatic rings. The fourth-order valence-electron chi connectivity index (χ4n) is 2.96. The molecule has 2 aliphatic heterocycles. The van der Waals surface area contributed by atoms with E-state index in [9.17, 15) is 4.39 Å². The van der Waals surface area contributed by atoms with E-state index in [4.69, 9.17) is 14.2 Å². The average Bonchev–Trinajstić information content (AvgIpc) is 2.51. The molecule has 116 valence electrons. The summed E-state index contributed by atoms with van der Waals surface area (Å²) < 4.78 is 31.0. The number of halogens is 1. The van der Waals surface area contributed by atoms with E-state index >= 15 is 0 Å². The van der Waals surface area contributed by atoms with Crippen LogP contribution in [0.15, 0.2) is 18.2 Å². The number of rotatable bonds is 2. The Bertz CT molecular complexity index is 475. The normalized spacial score (nSPS) is 33.9. The molecule has 1 aromatic carbocycles. The van der Waals surface area contributed by atoms with Crippen LogP contribution in [0.1, 0.15) is 36.8 Å². The van der Waals surface area contributed by atoms with E-state index in [1.807, 2.05) is 12.1 Å². The third-order valence-electron chi connectivity index (χ3n) is 4.51. The maximum absolute atomic E-state index is 13.6. The van der Waals surface area contributed by atoms with Gasteiger partial charge in [-0.2, -0.15) is 0 Å². The third-order valence-corrected chi connectivity index (χ3v) is 4.51. The van der Waals surface area contributed by atoms with E-state index in [0.29, 0.717) is 37.4 Å². The third kappa shape index (κ3) is 3.44. The van der Waals surface area contributed by atoms with Gasteiger partial charge in [0.25, 0.3) is 0 Å². The van der Waals surface area contributed by atoms with Crippen LogP contribution in [0.4, 0.5) is 4.39 Å². The molecule has 2 saturated heterocycles. The zero-order valence-electron chi connectivity index (χ0n) is 12.7. The lowest BCUT2D eigenvalue weighted by molar-refractivity contribution is -0.230. The van der Waals surface area contributed by atoms with Crippen molar-refractivity contribution in [3.05, 3.63) is 35.1 Å². The monoisotopic (exact) mass is 294 g/mol. The van der Waals surface area contributed by atoms with Gasteiger partial charge in [-0.05, 0) is 43.9 Å². The number of ether oxygens (including phenoxy) is 3. The molecule has 0 bridgehead atoms. The van der Waals surface area contributed by atoms with Gasteiger partial charge in [-0.1, -0.05) is 12.1 Å². The van der Waals surface area contributed by atoms with Crippen LogP contribution in [0.25, 0.3) is 0 Å².